The van der Waals surface area contributed by atoms with Crippen LogP contribution in [0.3, 0.4) is 0 Å². The van der Waals surface area contributed by atoms with Crippen LogP contribution in [0.5, 0.6) is 0 Å². The molecule has 2 unspecified atom stereocenters. The Hall–Kier alpha value is -0.0800. The quantitative estimate of drug-likeness (QED) is 0.742. The molecule has 16 heavy (non-hydrogen) atoms. The van der Waals surface area contributed by atoms with Gasteiger partial charge in [0.2, 0.25) is 0 Å². The van der Waals surface area contributed by atoms with Crippen molar-refractivity contribution in [1.82, 2.24) is 10.2 Å². The first-order valence-corrected chi connectivity index (χ1v) is 6.86. The molecule has 1 N–H and O–H groups in total. The fourth-order valence-electron chi connectivity index (χ4n) is 2.59. The highest BCUT2D eigenvalue weighted by molar-refractivity contribution is 4.80. The minimum atomic E-state index is 0.402. The second-order valence-electron chi connectivity index (χ2n) is 6.60. The molecule has 0 aromatic rings. The van der Waals surface area contributed by atoms with Gasteiger partial charge in [0.1, 0.15) is 0 Å². The molecule has 1 aliphatic rings. The summed E-state index contributed by atoms with van der Waals surface area (Å²) in [5.74, 6) is 0. The van der Waals surface area contributed by atoms with Gasteiger partial charge in [0.15, 0.2) is 0 Å². The topological polar surface area (TPSA) is 15.3 Å². The van der Waals surface area contributed by atoms with Crippen LogP contribution in [-0.2, 0) is 0 Å². The van der Waals surface area contributed by atoms with E-state index in [2.05, 4.69) is 44.8 Å². The lowest BCUT2D eigenvalue weighted by atomic mass is 9.96. The summed E-state index contributed by atoms with van der Waals surface area (Å²) in [7, 11) is 0. The van der Waals surface area contributed by atoms with Gasteiger partial charge in [-0.1, -0.05) is 27.2 Å². The van der Waals surface area contributed by atoms with E-state index in [0.717, 1.165) is 25.2 Å². The summed E-state index contributed by atoms with van der Waals surface area (Å²) in [5, 5.41) is 3.57. The third kappa shape index (κ3) is 4.84. The Morgan fingerprint density at radius 1 is 1.12 bits per heavy atom. The van der Waals surface area contributed by atoms with Gasteiger partial charge in [0.25, 0.3) is 0 Å². The number of hydrogen-bond acceptors (Lipinski definition) is 2. The van der Waals surface area contributed by atoms with Gasteiger partial charge in [-0.2, -0.15) is 0 Å². The Balaban J connectivity index is 2.20. The van der Waals surface area contributed by atoms with Crippen LogP contribution >= 0.6 is 0 Å². The molecule has 0 spiro atoms. The number of nitrogens with one attached hydrogen (secondary N) is 1. The summed E-state index contributed by atoms with van der Waals surface area (Å²) in [4.78, 5) is 2.67. The summed E-state index contributed by atoms with van der Waals surface area (Å²) in [6.07, 6.45) is 4.17. The zero-order valence-corrected chi connectivity index (χ0v) is 11.8. The Bertz CT molecular complexity index is 185. The summed E-state index contributed by atoms with van der Waals surface area (Å²) < 4.78 is 0. The molecule has 1 saturated heterocycles. The molecule has 2 nitrogen and oxygen atoms in total. The Kier molecular flexibility index (Phi) is 5.26. The van der Waals surface area contributed by atoms with Crippen molar-refractivity contribution in [3.8, 4) is 0 Å². The molecule has 0 radical (unpaired) electrons. The highest BCUT2D eigenvalue weighted by Gasteiger charge is 2.23. The van der Waals surface area contributed by atoms with Crippen molar-refractivity contribution in [3.05, 3.63) is 0 Å². The van der Waals surface area contributed by atoms with Gasteiger partial charge in [-0.15, -0.1) is 0 Å². The van der Waals surface area contributed by atoms with Gasteiger partial charge in [-0.3, -0.25) is 4.90 Å². The minimum Gasteiger partial charge on any atom is -0.315 e. The first kappa shape index (κ1) is 14.0. The van der Waals surface area contributed by atoms with Crippen LogP contribution in [0.2, 0.25) is 0 Å². The second-order valence-corrected chi connectivity index (χ2v) is 6.60. The third-order valence-electron chi connectivity index (χ3n) is 3.58. The molecule has 2 heteroatoms. The molecule has 0 saturated carbocycles. The van der Waals surface area contributed by atoms with Crippen LogP contribution in [0.25, 0.3) is 0 Å². The largest absolute Gasteiger partial charge is 0.315 e. The number of piperidine rings is 1. The van der Waals surface area contributed by atoms with Crippen LogP contribution in [0, 0.1) is 5.41 Å². The molecule has 1 aliphatic heterocycles. The summed E-state index contributed by atoms with van der Waals surface area (Å²) in [6.45, 7) is 15.1. The molecular formula is C14H30N2. The second kappa shape index (κ2) is 6.02. The van der Waals surface area contributed by atoms with Crippen LogP contribution in [0.15, 0.2) is 0 Å². The van der Waals surface area contributed by atoms with E-state index in [-0.39, 0.29) is 0 Å². The predicted octanol–water partition coefficient (Wildman–Crippen LogP) is 2.89. The lowest BCUT2D eigenvalue weighted by Crippen LogP contribution is -2.47. The average Bonchev–Trinajstić information content (AvgIpc) is 2.14. The fourth-order valence-corrected chi connectivity index (χ4v) is 2.59. The molecule has 2 atom stereocenters. The van der Waals surface area contributed by atoms with E-state index in [1.807, 2.05) is 0 Å². The SMILES string of the molecule is CC1CCCC(C)N1CCNCC(C)(C)C. The monoisotopic (exact) mass is 226 g/mol. The maximum atomic E-state index is 3.57. The Morgan fingerprint density at radius 3 is 2.19 bits per heavy atom. The number of likely N-dealkylation sites (tertiary alicyclic amines) is 1. The van der Waals surface area contributed by atoms with Crippen LogP contribution < -0.4 is 5.32 Å². The third-order valence-corrected chi connectivity index (χ3v) is 3.58. The van der Waals surface area contributed by atoms with Crippen molar-refractivity contribution in [1.29, 1.82) is 0 Å². The summed E-state index contributed by atoms with van der Waals surface area (Å²) in [6, 6.07) is 1.56. The Labute approximate surface area is 102 Å². The van der Waals surface area contributed by atoms with E-state index in [1.54, 1.807) is 0 Å². The molecule has 0 aliphatic carbocycles. The first-order valence-electron chi connectivity index (χ1n) is 6.86. The van der Waals surface area contributed by atoms with E-state index < -0.39 is 0 Å². The van der Waals surface area contributed by atoms with Crippen molar-refractivity contribution >= 4 is 0 Å². The molecule has 0 aromatic heterocycles. The average molecular weight is 226 g/mol. The van der Waals surface area contributed by atoms with E-state index in [9.17, 15) is 0 Å². The molecule has 0 aromatic carbocycles. The minimum absolute atomic E-state index is 0.402. The van der Waals surface area contributed by atoms with Gasteiger partial charge in [0.05, 0.1) is 0 Å². The lowest BCUT2D eigenvalue weighted by molar-refractivity contribution is 0.104. The molecule has 1 heterocycles. The van der Waals surface area contributed by atoms with Crippen LogP contribution in [0.1, 0.15) is 53.9 Å². The van der Waals surface area contributed by atoms with E-state index in [0.29, 0.717) is 5.41 Å². The van der Waals surface area contributed by atoms with Gasteiger partial charge in [-0.05, 0) is 32.1 Å². The van der Waals surface area contributed by atoms with E-state index in [1.165, 1.54) is 25.8 Å². The van der Waals surface area contributed by atoms with Crippen molar-refractivity contribution < 1.29 is 0 Å². The zero-order valence-electron chi connectivity index (χ0n) is 11.8. The molecule has 96 valence electrons. The summed E-state index contributed by atoms with van der Waals surface area (Å²) >= 11 is 0. The van der Waals surface area contributed by atoms with Gasteiger partial charge < -0.3 is 5.32 Å². The number of nitrogens with zero attached hydrogens (tertiary/aromatic N) is 1. The Morgan fingerprint density at radius 2 is 1.69 bits per heavy atom. The predicted molar refractivity (Wildman–Crippen MR) is 71.8 cm³/mol. The summed E-state index contributed by atoms with van der Waals surface area (Å²) in [5.41, 5.74) is 0.402. The molecular weight excluding hydrogens is 196 g/mol. The number of hydrogen-bond donors (Lipinski definition) is 1. The van der Waals surface area contributed by atoms with Gasteiger partial charge >= 0.3 is 0 Å². The highest BCUT2D eigenvalue weighted by atomic mass is 15.2. The van der Waals surface area contributed by atoms with E-state index in [4.69, 9.17) is 0 Å². The molecule has 0 bridgehead atoms. The van der Waals surface area contributed by atoms with Crippen molar-refractivity contribution in [2.24, 2.45) is 5.41 Å². The standard InChI is InChI=1S/C14H30N2/c1-12-7-6-8-13(2)16(12)10-9-15-11-14(3,4)5/h12-13,15H,6-11H2,1-5H3. The molecule has 0 amide bonds. The zero-order chi connectivity index (χ0) is 12.2. The normalized spacial score (nSPS) is 28.3. The fraction of sp³-hybridized carbons (Fsp3) is 1.00. The maximum absolute atomic E-state index is 3.57. The van der Waals surface area contributed by atoms with Crippen LogP contribution in [0.4, 0.5) is 0 Å². The van der Waals surface area contributed by atoms with Crippen molar-refractivity contribution in [3.63, 3.8) is 0 Å². The number of rotatable bonds is 4. The molecule has 1 fully saturated rings. The maximum Gasteiger partial charge on any atom is 0.0112 e. The van der Waals surface area contributed by atoms with E-state index >= 15 is 0 Å². The van der Waals surface area contributed by atoms with Gasteiger partial charge in [0, 0.05) is 31.7 Å². The van der Waals surface area contributed by atoms with Crippen molar-refractivity contribution in [2.45, 2.75) is 66.0 Å². The van der Waals surface area contributed by atoms with Crippen LogP contribution in [-0.4, -0.2) is 36.6 Å². The first-order chi connectivity index (χ1) is 7.40. The lowest BCUT2D eigenvalue weighted by Gasteiger charge is -2.39. The highest BCUT2D eigenvalue weighted by Crippen LogP contribution is 2.21. The molecule has 1 rings (SSSR count). The smallest absolute Gasteiger partial charge is 0.0112 e. The van der Waals surface area contributed by atoms with Crippen molar-refractivity contribution in [2.75, 3.05) is 19.6 Å². The van der Waals surface area contributed by atoms with Gasteiger partial charge in [-0.25, -0.2) is 0 Å².